The summed E-state index contributed by atoms with van der Waals surface area (Å²) in [6, 6.07) is 22.9. The van der Waals surface area contributed by atoms with Gasteiger partial charge in [-0.1, -0.05) is 48.0 Å². The van der Waals surface area contributed by atoms with E-state index in [0.29, 0.717) is 0 Å². The molecule has 0 spiro atoms. The fraction of sp³-hybridized carbons (Fsp3) is 0.192. The molecule has 32 heavy (non-hydrogen) atoms. The van der Waals surface area contributed by atoms with Crippen LogP contribution in [-0.4, -0.2) is 33.2 Å². The van der Waals surface area contributed by atoms with Crippen molar-refractivity contribution in [3.63, 3.8) is 0 Å². The summed E-state index contributed by atoms with van der Waals surface area (Å²) in [7, 11) is 1.68. The molecule has 0 fully saturated rings. The van der Waals surface area contributed by atoms with Crippen molar-refractivity contribution in [3.05, 3.63) is 83.4 Å². The van der Waals surface area contributed by atoms with Gasteiger partial charge in [-0.15, -0.1) is 10.2 Å². The van der Waals surface area contributed by atoms with Gasteiger partial charge >= 0.3 is 0 Å². The summed E-state index contributed by atoms with van der Waals surface area (Å²) >= 11 is 0. The first kappa shape index (κ1) is 18.8. The summed E-state index contributed by atoms with van der Waals surface area (Å²) in [5.41, 5.74) is 6.55. The Kier molecular flexibility index (Phi) is 4.31. The number of benzene rings is 3. The Balaban J connectivity index is 1.63. The van der Waals surface area contributed by atoms with Crippen molar-refractivity contribution < 1.29 is 4.74 Å². The summed E-state index contributed by atoms with van der Waals surface area (Å²) < 4.78 is 7.73. The van der Waals surface area contributed by atoms with Crippen molar-refractivity contribution >= 4 is 22.5 Å². The topological polar surface area (TPSA) is 55.6 Å². The molecule has 3 aromatic carbocycles. The lowest BCUT2D eigenvalue weighted by Crippen LogP contribution is -2.32. The molecular weight excluding hydrogens is 398 g/mol. The van der Waals surface area contributed by atoms with E-state index in [9.17, 15) is 0 Å². The smallest absolute Gasteiger partial charge is 0.214 e. The zero-order valence-corrected chi connectivity index (χ0v) is 18.1. The van der Waals surface area contributed by atoms with Gasteiger partial charge in [0.1, 0.15) is 5.75 Å². The standard InChI is InChI=1S/C26H23N5O/c1-17-11-12-22-21(15-17)25-29-28-24(20-9-5-6-10-23(20)32-2)31(25)26(27-22)30-14-13-18-7-3-4-8-19(18)16-30/h3-12,15H,13-14,16H2,1-2H3. The van der Waals surface area contributed by atoms with E-state index in [1.54, 1.807) is 7.11 Å². The van der Waals surface area contributed by atoms with Crippen LogP contribution in [-0.2, 0) is 13.0 Å². The Morgan fingerprint density at radius 2 is 1.72 bits per heavy atom. The summed E-state index contributed by atoms with van der Waals surface area (Å²) in [6.07, 6.45) is 0.984. The third-order valence-corrected chi connectivity index (χ3v) is 6.24. The molecule has 6 heteroatoms. The number of fused-ring (bicyclic) bond motifs is 4. The molecule has 2 aromatic heterocycles. The van der Waals surface area contributed by atoms with Crippen molar-refractivity contribution in [2.75, 3.05) is 18.6 Å². The van der Waals surface area contributed by atoms with Gasteiger partial charge in [-0.3, -0.25) is 0 Å². The van der Waals surface area contributed by atoms with Crippen LogP contribution in [0.1, 0.15) is 16.7 Å². The Morgan fingerprint density at radius 1 is 0.906 bits per heavy atom. The van der Waals surface area contributed by atoms with E-state index >= 15 is 0 Å². The quantitative estimate of drug-likeness (QED) is 0.418. The number of methoxy groups -OCH3 is 1. The Labute approximate surface area is 186 Å². The Bertz CT molecular complexity index is 1470. The zero-order valence-electron chi connectivity index (χ0n) is 18.1. The van der Waals surface area contributed by atoms with Gasteiger partial charge in [0.25, 0.3) is 0 Å². The SMILES string of the molecule is COc1ccccc1-c1nnc2c3cc(C)ccc3nc(N3CCc4ccccc4C3)n12. The number of aromatic nitrogens is 4. The second-order valence-electron chi connectivity index (χ2n) is 8.26. The van der Waals surface area contributed by atoms with Gasteiger partial charge < -0.3 is 9.64 Å². The fourth-order valence-corrected chi connectivity index (χ4v) is 4.61. The number of hydrogen-bond acceptors (Lipinski definition) is 5. The lowest BCUT2D eigenvalue weighted by molar-refractivity contribution is 0.416. The van der Waals surface area contributed by atoms with Crippen LogP contribution in [0.15, 0.2) is 66.7 Å². The van der Waals surface area contributed by atoms with Crippen molar-refractivity contribution in [2.24, 2.45) is 0 Å². The van der Waals surface area contributed by atoms with Crippen LogP contribution >= 0.6 is 0 Å². The van der Waals surface area contributed by atoms with Crippen LogP contribution in [0.25, 0.3) is 27.9 Å². The molecule has 158 valence electrons. The number of aryl methyl sites for hydroxylation is 1. The second kappa shape index (κ2) is 7.34. The molecule has 0 saturated carbocycles. The van der Waals surface area contributed by atoms with Crippen molar-refractivity contribution in [1.29, 1.82) is 0 Å². The van der Waals surface area contributed by atoms with Crippen LogP contribution in [0.2, 0.25) is 0 Å². The van der Waals surface area contributed by atoms with E-state index in [0.717, 1.165) is 59.1 Å². The number of para-hydroxylation sites is 1. The van der Waals surface area contributed by atoms with Gasteiger partial charge in [-0.25, -0.2) is 9.38 Å². The first-order valence-electron chi connectivity index (χ1n) is 10.8. The molecule has 3 heterocycles. The number of nitrogens with zero attached hydrogens (tertiary/aromatic N) is 5. The Hall–Kier alpha value is -3.93. The van der Waals surface area contributed by atoms with Crippen molar-refractivity contribution in [1.82, 2.24) is 19.6 Å². The van der Waals surface area contributed by atoms with Crippen LogP contribution in [0, 0.1) is 6.92 Å². The predicted molar refractivity (Wildman–Crippen MR) is 126 cm³/mol. The van der Waals surface area contributed by atoms with Crippen LogP contribution < -0.4 is 9.64 Å². The highest BCUT2D eigenvalue weighted by Crippen LogP contribution is 2.34. The maximum Gasteiger partial charge on any atom is 0.214 e. The maximum absolute atomic E-state index is 5.64. The molecule has 1 aliphatic heterocycles. The van der Waals surface area contributed by atoms with E-state index in [-0.39, 0.29) is 0 Å². The minimum Gasteiger partial charge on any atom is -0.496 e. The minimum absolute atomic E-state index is 0.738. The van der Waals surface area contributed by atoms with Crippen LogP contribution in [0.5, 0.6) is 5.75 Å². The molecule has 5 aromatic rings. The average molecular weight is 422 g/mol. The van der Waals surface area contributed by atoms with E-state index in [1.807, 2.05) is 24.3 Å². The Morgan fingerprint density at radius 3 is 2.59 bits per heavy atom. The minimum atomic E-state index is 0.738. The zero-order chi connectivity index (χ0) is 21.7. The van der Waals surface area contributed by atoms with E-state index in [1.165, 1.54) is 16.7 Å². The largest absolute Gasteiger partial charge is 0.496 e. The van der Waals surface area contributed by atoms with Gasteiger partial charge in [-0.2, -0.15) is 0 Å². The van der Waals surface area contributed by atoms with Gasteiger partial charge in [0.2, 0.25) is 5.95 Å². The van der Waals surface area contributed by atoms with Gasteiger partial charge in [0, 0.05) is 18.5 Å². The predicted octanol–water partition coefficient (Wildman–Crippen LogP) is 4.82. The number of ether oxygens (including phenoxy) is 1. The second-order valence-corrected chi connectivity index (χ2v) is 8.26. The normalized spacial score (nSPS) is 13.5. The lowest BCUT2D eigenvalue weighted by Gasteiger charge is -2.30. The van der Waals surface area contributed by atoms with Gasteiger partial charge in [0.15, 0.2) is 11.5 Å². The molecule has 0 aliphatic carbocycles. The summed E-state index contributed by atoms with van der Waals surface area (Å²) in [5.74, 6) is 2.36. The molecule has 1 aliphatic rings. The molecule has 6 nitrogen and oxygen atoms in total. The molecule has 0 atom stereocenters. The van der Waals surface area contributed by atoms with E-state index in [2.05, 4.69) is 68.9 Å². The first-order valence-corrected chi connectivity index (χ1v) is 10.8. The molecule has 0 saturated heterocycles. The van der Waals surface area contributed by atoms with Crippen molar-refractivity contribution in [2.45, 2.75) is 19.9 Å². The highest BCUT2D eigenvalue weighted by Gasteiger charge is 2.24. The molecule has 0 amide bonds. The van der Waals surface area contributed by atoms with Crippen molar-refractivity contribution in [3.8, 4) is 17.1 Å². The fourth-order valence-electron chi connectivity index (χ4n) is 4.61. The molecule has 6 rings (SSSR count). The third-order valence-electron chi connectivity index (χ3n) is 6.24. The van der Waals surface area contributed by atoms with E-state index in [4.69, 9.17) is 9.72 Å². The molecule has 0 unspecified atom stereocenters. The summed E-state index contributed by atoms with van der Waals surface area (Å²) in [5, 5.41) is 10.3. The summed E-state index contributed by atoms with van der Waals surface area (Å²) in [6.45, 7) is 3.78. The maximum atomic E-state index is 5.64. The average Bonchev–Trinajstić information content (AvgIpc) is 3.28. The van der Waals surface area contributed by atoms with Gasteiger partial charge in [0.05, 0.1) is 18.2 Å². The third kappa shape index (κ3) is 2.91. The number of anilines is 1. The monoisotopic (exact) mass is 421 g/mol. The molecule has 0 bridgehead atoms. The number of rotatable bonds is 3. The van der Waals surface area contributed by atoms with Crippen LogP contribution in [0.4, 0.5) is 5.95 Å². The molecule has 0 radical (unpaired) electrons. The molecular formula is C26H23N5O. The highest BCUT2D eigenvalue weighted by atomic mass is 16.5. The number of hydrogen-bond donors (Lipinski definition) is 0. The summed E-state index contributed by atoms with van der Waals surface area (Å²) in [4.78, 5) is 7.45. The first-order chi connectivity index (χ1) is 15.7. The lowest BCUT2D eigenvalue weighted by atomic mass is 10.0. The highest BCUT2D eigenvalue weighted by molar-refractivity contribution is 5.94. The van der Waals surface area contributed by atoms with Crippen LogP contribution in [0.3, 0.4) is 0 Å². The molecule has 0 N–H and O–H groups in total. The van der Waals surface area contributed by atoms with Gasteiger partial charge in [-0.05, 0) is 48.7 Å². The van der Waals surface area contributed by atoms with E-state index < -0.39 is 0 Å².